The number of aromatic nitrogens is 2. The summed E-state index contributed by atoms with van der Waals surface area (Å²) in [5, 5.41) is 10.8. The third-order valence-electron chi connectivity index (χ3n) is 2.88. The molecule has 1 aromatic carbocycles. The lowest BCUT2D eigenvalue weighted by Crippen LogP contribution is -1.99. The first kappa shape index (κ1) is 11.9. The van der Waals surface area contributed by atoms with Crippen LogP contribution < -0.4 is 0 Å². The summed E-state index contributed by atoms with van der Waals surface area (Å²) in [5.41, 5.74) is 1.64. The molecule has 6 heteroatoms. The number of H-pyrrole nitrogens is 1. The van der Waals surface area contributed by atoms with E-state index in [1.807, 2.05) is 18.4 Å². The van der Waals surface area contributed by atoms with E-state index in [1.165, 1.54) is 17.4 Å². The fraction of sp³-hybridized carbons (Fsp3) is 0.0769. The van der Waals surface area contributed by atoms with Gasteiger partial charge in [-0.1, -0.05) is 0 Å². The van der Waals surface area contributed by atoms with Crippen molar-refractivity contribution < 1.29 is 14.3 Å². The summed E-state index contributed by atoms with van der Waals surface area (Å²) in [6.07, 6.45) is 0. The molecule has 0 spiro atoms. The minimum absolute atomic E-state index is 0.367. The maximum Gasteiger partial charge on any atom is 0.338 e. The van der Waals surface area contributed by atoms with Crippen LogP contribution in [0, 0.1) is 12.7 Å². The number of benzene rings is 1. The number of halogens is 1. The molecule has 0 saturated heterocycles. The van der Waals surface area contributed by atoms with Crippen molar-refractivity contribution in [1.82, 2.24) is 9.97 Å². The number of aromatic carboxylic acids is 1. The van der Waals surface area contributed by atoms with E-state index in [9.17, 15) is 9.18 Å². The van der Waals surface area contributed by atoms with Crippen LogP contribution in [0.1, 0.15) is 15.9 Å². The molecule has 0 fully saturated rings. The van der Waals surface area contributed by atoms with Gasteiger partial charge in [-0.05, 0) is 30.0 Å². The van der Waals surface area contributed by atoms with Gasteiger partial charge in [0.25, 0.3) is 0 Å². The Hall–Kier alpha value is -2.21. The van der Waals surface area contributed by atoms with Gasteiger partial charge in [0, 0.05) is 6.07 Å². The molecule has 0 aliphatic heterocycles. The van der Waals surface area contributed by atoms with Crippen LogP contribution >= 0.6 is 11.3 Å². The summed E-state index contributed by atoms with van der Waals surface area (Å²) >= 11 is 1.53. The molecule has 0 atom stereocenters. The number of thiophene rings is 1. The maximum absolute atomic E-state index is 13.6. The summed E-state index contributed by atoms with van der Waals surface area (Å²) in [4.78, 5) is 19.2. The summed E-state index contributed by atoms with van der Waals surface area (Å²) in [6.45, 7) is 1.96. The van der Waals surface area contributed by atoms with Crippen LogP contribution in [0.25, 0.3) is 21.7 Å². The number of aromatic amines is 1. The fourth-order valence-electron chi connectivity index (χ4n) is 1.92. The molecule has 0 radical (unpaired) electrons. The molecule has 3 aromatic rings. The second kappa shape index (κ2) is 4.17. The summed E-state index contributed by atoms with van der Waals surface area (Å²) in [5.74, 6) is -1.43. The highest BCUT2D eigenvalue weighted by Crippen LogP contribution is 2.29. The minimum Gasteiger partial charge on any atom is -0.478 e. The first-order valence-electron chi connectivity index (χ1n) is 5.53. The molecule has 0 unspecified atom stereocenters. The highest BCUT2D eigenvalue weighted by molar-refractivity contribution is 7.13. The van der Waals surface area contributed by atoms with Crippen molar-refractivity contribution in [2.24, 2.45) is 0 Å². The molecule has 2 heterocycles. The SMILES string of the molecule is Cc1ccsc1-c1nc2cc(C(=O)O)c(F)cc2[nH]1. The van der Waals surface area contributed by atoms with Crippen molar-refractivity contribution in [3.63, 3.8) is 0 Å². The zero-order valence-electron chi connectivity index (χ0n) is 9.90. The van der Waals surface area contributed by atoms with Crippen LogP contribution in [0.2, 0.25) is 0 Å². The summed E-state index contributed by atoms with van der Waals surface area (Å²) in [6, 6.07) is 4.38. The van der Waals surface area contributed by atoms with Crippen LogP contribution in [-0.2, 0) is 0 Å². The predicted octanol–water partition coefficient (Wildman–Crippen LogP) is 3.44. The quantitative estimate of drug-likeness (QED) is 0.753. The molecule has 19 heavy (non-hydrogen) atoms. The molecular weight excluding hydrogens is 267 g/mol. The van der Waals surface area contributed by atoms with Crippen molar-refractivity contribution in [3.05, 3.63) is 40.5 Å². The first-order chi connectivity index (χ1) is 9.06. The number of nitrogens with one attached hydrogen (secondary N) is 1. The van der Waals surface area contributed by atoms with E-state index >= 15 is 0 Å². The van der Waals surface area contributed by atoms with Gasteiger partial charge in [-0.3, -0.25) is 0 Å². The maximum atomic E-state index is 13.6. The number of carboxylic acid groups (broad SMARTS) is 1. The summed E-state index contributed by atoms with van der Waals surface area (Å²) < 4.78 is 13.6. The van der Waals surface area contributed by atoms with Gasteiger partial charge in [-0.2, -0.15) is 0 Å². The number of hydrogen-bond donors (Lipinski definition) is 2. The summed E-state index contributed by atoms with van der Waals surface area (Å²) in [7, 11) is 0. The second-order valence-electron chi connectivity index (χ2n) is 4.17. The Balaban J connectivity index is 2.21. The topological polar surface area (TPSA) is 66.0 Å². The minimum atomic E-state index is -1.30. The molecule has 0 bridgehead atoms. The largest absolute Gasteiger partial charge is 0.478 e. The number of carbonyl (C=O) groups is 1. The number of rotatable bonds is 2. The predicted molar refractivity (Wildman–Crippen MR) is 71.1 cm³/mol. The molecule has 3 rings (SSSR count). The Kier molecular flexibility index (Phi) is 2.60. The number of fused-ring (bicyclic) bond motifs is 1. The van der Waals surface area contributed by atoms with Gasteiger partial charge in [0.15, 0.2) is 0 Å². The van der Waals surface area contributed by atoms with Crippen molar-refractivity contribution in [1.29, 1.82) is 0 Å². The van der Waals surface area contributed by atoms with Crippen molar-refractivity contribution in [3.8, 4) is 10.7 Å². The van der Waals surface area contributed by atoms with Crippen molar-refractivity contribution in [2.45, 2.75) is 6.92 Å². The van der Waals surface area contributed by atoms with E-state index in [0.29, 0.717) is 16.9 Å². The van der Waals surface area contributed by atoms with E-state index in [1.54, 1.807) is 0 Å². The van der Waals surface area contributed by atoms with E-state index in [2.05, 4.69) is 9.97 Å². The number of aryl methyl sites for hydroxylation is 1. The highest BCUT2D eigenvalue weighted by Gasteiger charge is 2.15. The molecule has 2 N–H and O–H groups in total. The van der Waals surface area contributed by atoms with Gasteiger partial charge in [-0.15, -0.1) is 11.3 Å². The second-order valence-corrected chi connectivity index (χ2v) is 5.09. The number of imidazole rings is 1. The Morgan fingerprint density at radius 1 is 1.47 bits per heavy atom. The van der Waals surface area contributed by atoms with Gasteiger partial charge < -0.3 is 10.1 Å². The van der Waals surface area contributed by atoms with Gasteiger partial charge in [0.05, 0.1) is 21.5 Å². The van der Waals surface area contributed by atoms with E-state index in [4.69, 9.17) is 5.11 Å². The molecule has 0 aliphatic carbocycles. The van der Waals surface area contributed by atoms with Crippen LogP contribution in [-0.4, -0.2) is 21.0 Å². The van der Waals surface area contributed by atoms with Gasteiger partial charge >= 0.3 is 5.97 Å². The van der Waals surface area contributed by atoms with Crippen molar-refractivity contribution >= 4 is 28.3 Å². The molecular formula is C13H9FN2O2S. The lowest BCUT2D eigenvalue weighted by molar-refractivity contribution is 0.0692. The van der Waals surface area contributed by atoms with Gasteiger partial charge in [0.1, 0.15) is 11.6 Å². The number of carboxylic acids is 1. The van der Waals surface area contributed by atoms with E-state index < -0.39 is 11.8 Å². The normalized spacial score (nSPS) is 11.1. The lowest BCUT2D eigenvalue weighted by atomic mass is 10.2. The van der Waals surface area contributed by atoms with E-state index in [-0.39, 0.29) is 5.56 Å². The molecule has 0 aliphatic rings. The number of nitrogens with zero attached hydrogens (tertiary/aromatic N) is 1. The van der Waals surface area contributed by atoms with Crippen LogP contribution in [0.3, 0.4) is 0 Å². The first-order valence-corrected chi connectivity index (χ1v) is 6.41. The third-order valence-corrected chi connectivity index (χ3v) is 3.90. The zero-order valence-corrected chi connectivity index (χ0v) is 10.7. The Bertz CT molecular complexity index is 791. The molecule has 4 nitrogen and oxygen atoms in total. The standard InChI is InChI=1S/C13H9FN2O2S/c1-6-2-3-19-11(6)12-15-9-4-7(13(17)18)8(14)5-10(9)16-12/h2-5H,1H3,(H,15,16)(H,17,18). The van der Waals surface area contributed by atoms with Crippen LogP contribution in [0.15, 0.2) is 23.6 Å². The Labute approximate surface area is 111 Å². The molecule has 2 aromatic heterocycles. The molecule has 0 saturated carbocycles. The monoisotopic (exact) mass is 276 g/mol. The van der Waals surface area contributed by atoms with E-state index in [0.717, 1.165) is 16.5 Å². The zero-order chi connectivity index (χ0) is 13.6. The number of hydrogen-bond acceptors (Lipinski definition) is 3. The molecule has 96 valence electrons. The smallest absolute Gasteiger partial charge is 0.338 e. The average molecular weight is 276 g/mol. The molecule has 0 amide bonds. The Morgan fingerprint density at radius 2 is 2.26 bits per heavy atom. The lowest BCUT2D eigenvalue weighted by Gasteiger charge is -1.95. The Morgan fingerprint density at radius 3 is 2.89 bits per heavy atom. The van der Waals surface area contributed by atoms with Gasteiger partial charge in [-0.25, -0.2) is 14.2 Å². The van der Waals surface area contributed by atoms with Gasteiger partial charge in [0.2, 0.25) is 0 Å². The third kappa shape index (κ3) is 1.90. The van der Waals surface area contributed by atoms with Crippen LogP contribution in [0.5, 0.6) is 0 Å². The van der Waals surface area contributed by atoms with Crippen LogP contribution in [0.4, 0.5) is 4.39 Å². The average Bonchev–Trinajstić information content (AvgIpc) is 2.92. The highest BCUT2D eigenvalue weighted by atomic mass is 32.1. The fourth-order valence-corrected chi connectivity index (χ4v) is 2.79. The van der Waals surface area contributed by atoms with Crippen molar-refractivity contribution in [2.75, 3.05) is 0 Å².